The zero-order valence-corrected chi connectivity index (χ0v) is 20.8. The Kier molecular flexibility index (Phi) is 6.60. The number of ether oxygens (including phenoxy) is 2. The Labute approximate surface area is 197 Å². The predicted molar refractivity (Wildman–Crippen MR) is 126 cm³/mol. The number of benzene rings is 1. The van der Waals surface area contributed by atoms with Gasteiger partial charge in [-0.2, -0.15) is 10.1 Å². The predicted octanol–water partition coefficient (Wildman–Crippen LogP) is 5.34. The van der Waals surface area contributed by atoms with Crippen LogP contribution >= 0.6 is 15.9 Å². The lowest BCUT2D eigenvalue weighted by Gasteiger charge is -2.37. The topological polar surface area (TPSA) is 78.3 Å². The van der Waals surface area contributed by atoms with Crippen molar-refractivity contribution >= 4 is 27.8 Å². The number of allylic oxidation sites excluding steroid dienone is 1. The molecule has 172 valence electrons. The molecule has 4 atom stereocenters. The van der Waals surface area contributed by atoms with Crippen LogP contribution < -0.4 is 10.1 Å². The number of halogens is 1. The van der Waals surface area contributed by atoms with Gasteiger partial charge in [0.2, 0.25) is 5.95 Å². The molecule has 1 aliphatic heterocycles. The summed E-state index contributed by atoms with van der Waals surface area (Å²) in [4.78, 5) is 18.0. The van der Waals surface area contributed by atoms with Crippen LogP contribution in [0.4, 0.5) is 5.95 Å². The second-order valence-electron chi connectivity index (χ2n) is 9.25. The van der Waals surface area contributed by atoms with Gasteiger partial charge in [-0.15, -0.1) is 0 Å². The van der Waals surface area contributed by atoms with Crippen molar-refractivity contribution in [2.75, 3.05) is 12.4 Å². The van der Waals surface area contributed by atoms with Crippen LogP contribution in [0.2, 0.25) is 0 Å². The molecule has 8 heteroatoms. The highest BCUT2D eigenvalue weighted by Gasteiger charge is 2.39. The maximum atomic E-state index is 13.7. The van der Waals surface area contributed by atoms with Crippen LogP contribution in [0.3, 0.4) is 0 Å². The fourth-order valence-electron chi connectivity index (χ4n) is 5.01. The lowest BCUT2D eigenvalue weighted by molar-refractivity contribution is -0.151. The summed E-state index contributed by atoms with van der Waals surface area (Å²) < 4.78 is 14.5. The van der Waals surface area contributed by atoms with E-state index in [0.29, 0.717) is 40.7 Å². The third-order valence-corrected chi connectivity index (χ3v) is 7.21. The molecule has 0 amide bonds. The molecule has 2 heterocycles. The molecule has 1 fully saturated rings. The molecule has 0 saturated heterocycles. The second kappa shape index (κ2) is 9.25. The Bertz CT molecular complexity index is 1030. The molecular weight excluding hydrogens is 472 g/mol. The first-order valence-corrected chi connectivity index (χ1v) is 12.0. The van der Waals surface area contributed by atoms with Gasteiger partial charge in [0.25, 0.3) is 0 Å². The highest BCUT2D eigenvalue weighted by molar-refractivity contribution is 9.10. The van der Waals surface area contributed by atoms with Crippen molar-refractivity contribution in [3.05, 3.63) is 45.8 Å². The van der Waals surface area contributed by atoms with Gasteiger partial charge in [0.15, 0.2) is 0 Å². The number of hydrogen-bond donors (Lipinski definition) is 1. The van der Waals surface area contributed by atoms with Crippen molar-refractivity contribution in [2.45, 2.75) is 59.1 Å². The number of carbonyl (C=O) groups is 1. The minimum absolute atomic E-state index is 0.0891. The smallest absolute Gasteiger partial charge is 0.338 e. The molecule has 0 radical (unpaired) electrons. The molecule has 2 aromatic rings. The molecule has 4 rings (SSSR count). The summed E-state index contributed by atoms with van der Waals surface area (Å²) in [7, 11) is 1.63. The van der Waals surface area contributed by atoms with Crippen molar-refractivity contribution in [2.24, 2.45) is 17.8 Å². The minimum Gasteiger partial charge on any atom is -0.496 e. The molecule has 7 nitrogen and oxygen atoms in total. The van der Waals surface area contributed by atoms with Gasteiger partial charge in [-0.05, 0) is 55.7 Å². The van der Waals surface area contributed by atoms with Crippen molar-refractivity contribution < 1.29 is 14.3 Å². The molecule has 0 unspecified atom stereocenters. The Balaban J connectivity index is 1.74. The molecule has 2 aliphatic rings. The third kappa shape index (κ3) is 4.29. The molecule has 1 aromatic heterocycles. The van der Waals surface area contributed by atoms with E-state index in [1.54, 1.807) is 11.8 Å². The van der Waals surface area contributed by atoms with Gasteiger partial charge >= 0.3 is 5.97 Å². The molecule has 1 aliphatic carbocycles. The van der Waals surface area contributed by atoms with Gasteiger partial charge in [0.1, 0.15) is 24.2 Å². The highest BCUT2D eigenvalue weighted by Crippen LogP contribution is 2.42. The maximum Gasteiger partial charge on any atom is 0.338 e. The number of methoxy groups -OCH3 is 1. The van der Waals surface area contributed by atoms with Crippen molar-refractivity contribution in [3.8, 4) is 5.75 Å². The van der Waals surface area contributed by atoms with Gasteiger partial charge in [-0.25, -0.2) is 9.48 Å². The van der Waals surface area contributed by atoms with E-state index >= 15 is 0 Å². The fourth-order valence-corrected chi connectivity index (χ4v) is 5.39. The monoisotopic (exact) mass is 502 g/mol. The average molecular weight is 503 g/mol. The summed E-state index contributed by atoms with van der Waals surface area (Å²) in [5.41, 5.74) is 2.06. The number of hydrogen-bond acceptors (Lipinski definition) is 6. The number of anilines is 1. The Morgan fingerprint density at radius 3 is 2.81 bits per heavy atom. The summed E-state index contributed by atoms with van der Waals surface area (Å²) in [5, 5.41) is 7.64. The highest BCUT2D eigenvalue weighted by atomic mass is 79.9. The summed E-state index contributed by atoms with van der Waals surface area (Å²) in [6, 6.07) is 5.25. The lowest BCUT2D eigenvalue weighted by Crippen LogP contribution is -2.38. The first-order chi connectivity index (χ1) is 15.3. The van der Waals surface area contributed by atoms with Crippen LogP contribution in [0.15, 0.2) is 40.3 Å². The number of rotatable bonds is 5. The van der Waals surface area contributed by atoms with Gasteiger partial charge in [0.05, 0.1) is 12.7 Å². The molecule has 32 heavy (non-hydrogen) atoms. The second-order valence-corrected chi connectivity index (χ2v) is 10.2. The Morgan fingerprint density at radius 2 is 2.09 bits per heavy atom. The van der Waals surface area contributed by atoms with Crippen molar-refractivity contribution in [3.63, 3.8) is 0 Å². The molecule has 1 aromatic carbocycles. The zero-order chi connectivity index (χ0) is 23.0. The van der Waals surface area contributed by atoms with Gasteiger partial charge in [0, 0.05) is 15.7 Å². The number of esters is 1. The molecular formula is C24H31BrN4O3. The number of fused-ring (bicyclic) bond motifs is 1. The minimum atomic E-state index is -0.507. The summed E-state index contributed by atoms with van der Waals surface area (Å²) in [6.07, 6.45) is 4.56. The zero-order valence-electron chi connectivity index (χ0n) is 19.3. The van der Waals surface area contributed by atoms with E-state index < -0.39 is 6.04 Å². The first-order valence-electron chi connectivity index (χ1n) is 11.2. The number of nitrogens with zero attached hydrogens (tertiary/aromatic N) is 3. The van der Waals surface area contributed by atoms with Crippen molar-refractivity contribution in [1.82, 2.24) is 14.8 Å². The first kappa shape index (κ1) is 22.8. The van der Waals surface area contributed by atoms with E-state index in [-0.39, 0.29) is 12.1 Å². The maximum absolute atomic E-state index is 13.7. The normalized spacial score (nSPS) is 25.3. The molecule has 0 spiro atoms. The van der Waals surface area contributed by atoms with E-state index in [9.17, 15) is 4.79 Å². The summed E-state index contributed by atoms with van der Waals surface area (Å²) in [6.45, 7) is 8.55. The van der Waals surface area contributed by atoms with Crippen LogP contribution in [-0.2, 0) is 9.53 Å². The average Bonchev–Trinajstić information content (AvgIpc) is 3.20. The van der Waals surface area contributed by atoms with Crippen LogP contribution in [0.5, 0.6) is 5.75 Å². The lowest BCUT2D eigenvalue weighted by atomic mass is 9.75. The Hall–Kier alpha value is -2.35. The molecule has 1 N–H and O–H groups in total. The van der Waals surface area contributed by atoms with E-state index in [1.807, 2.05) is 25.1 Å². The van der Waals surface area contributed by atoms with Crippen LogP contribution in [0.25, 0.3) is 0 Å². The summed E-state index contributed by atoms with van der Waals surface area (Å²) >= 11 is 3.56. The third-order valence-electron chi connectivity index (χ3n) is 6.72. The van der Waals surface area contributed by atoms with E-state index in [4.69, 9.17) is 9.47 Å². The fraction of sp³-hybridized carbons (Fsp3) is 0.542. The number of carbonyl (C=O) groups excluding carboxylic acids is 1. The number of nitrogens with one attached hydrogen (secondary N) is 1. The summed E-state index contributed by atoms with van der Waals surface area (Å²) in [5.74, 6) is 2.32. The quantitative estimate of drug-likeness (QED) is 0.555. The Morgan fingerprint density at radius 1 is 1.31 bits per heavy atom. The number of aromatic nitrogens is 3. The van der Waals surface area contributed by atoms with Gasteiger partial charge < -0.3 is 14.8 Å². The van der Waals surface area contributed by atoms with E-state index in [2.05, 4.69) is 52.1 Å². The van der Waals surface area contributed by atoms with E-state index in [1.165, 1.54) is 12.7 Å². The largest absolute Gasteiger partial charge is 0.496 e. The molecule has 1 saturated carbocycles. The van der Waals surface area contributed by atoms with Crippen LogP contribution in [0.1, 0.15) is 58.6 Å². The van der Waals surface area contributed by atoms with Crippen molar-refractivity contribution in [1.29, 1.82) is 0 Å². The van der Waals surface area contributed by atoms with Crippen LogP contribution in [-0.4, -0.2) is 33.9 Å². The van der Waals surface area contributed by atoms with Gasteiger partial charge in [-0.3, -0.25) is 0 Å². The standard InChI is InChI=1S/C24H31BrN4O3/c1-13(2)17-8-6-14(3)10-20(17)32-23(30)21-15(4)28-24-26-12-27-29(24)22(21)18-11-16(25)7-9-19(18)31-5/h7,9,11-14,17,20,22H,6,8,10H2,1-5H3,(H,26,27,28)/t14-,17-,20+,22+/m0/s1. The van der Waals surface area contributed by atoms with E-state index in [0.717, 1.165) is 22.9 Å². The van der Waals surface area contributed by atoms with Crippen LogP contribution in [0, 0.1) is 17.8 Å². The molecule has 0 bridgehead atoms. The SMILES string of the molecule is COc1ccc(Br)cc1[C@@H]1C(C(=O)O[C@@H]2C[C@@H](C)CC[C@H]2C(C)C)=C(C)Nc2ncnn21. The van der Waals surface area contributed by atoms with Gasteiger partial charge in [-0.1, -0.05) is 43.1 Å².